The van der Waals surface area contributed by atoms with Crippen LogP contribution in [-0.2, 0) is 9.53 Å². The summed E-state index contributed by atoms with van der Waals surface area (Å²) in [6.07, 6.45) is 1.91. The molecule has 4 nitrogen and oxygen atoms in total. The predicted octanol–water partition coefficient (Wildman–Crippen LogP) is 4.51. The lowest BCUT2D eigenvalue weighted by Crippen LogP contribution is -2.21. The summed E-state index contributed by atoms with van der Waals surface area (Å²) in [7, 11) is 0. The standard InChI is InChI=1S/C16H13Cl2NO3S/c1-23-13-8-3-2-7-12(13)19-14(20)9-22-16(21)15-10(17)5-4-6-11(15)18/h2-8H,9H2,1H3,(H,19,20). The molecule has 0 heterocycles. The summed E-state index contributed by atoms with van der Waals surface area (Å²) in [5.41, 5.74) is 0.713. The molecule has 0 fully saturated rings. The van der Waals surface area contributed by atoms with Crippen LogP contribution in [0.25, 0.3) is 0 Å². The molecular formula is C16H13Cl2NO3S. The molecule has 0 aliphatic carbocycles. The predicted molar refractivity (Wildman–Crippen MR) is 93.6 cm³/mol. The molecule has 0 unspecified atom stereocenters. The van der Waals surface area contributed by atoms with Crippen LogP contribution in [-0.4, -0.2) is 24.7 Å². The molecule has 1 N–H and O–H groups in total. The van der Waals surface area contributed by atoms with Gasteiger partial charge in [0, 0.05) is 4.90 Å². The number of thioether (sulfide) groups is 1. The average Bonchev–Trinajstić information content (AvgIpc) is 2.53. The second-order valence-corrected chi connectivity index (χ2v) is 6.08. The van der Waals surface area contributed by atoms with Gasteiger partial charge in [0.15, 0.2) is 6.61 Å². The highest BCUT2D eigenvalue weighted by molar-refractivity contribution is 7.98. The van der Waals surface area contributed by atoms with E-state index >= 15 is 0 Å². The smallest absolute Gasteiger partial charge is 0.341 e. The summed E-state index contributed by atoms with van der Waals surface area (Å²) in [6.45, 7) is -0.427. The number of para-hydroxylation sites is 1. The van der Waals surface area contributed by atoms with Gasteiger partial charge in [0.05, 0.1) is 21.3 Å². The van der Waals surface area contributed by atoms with Crippen molar-refractivity contribution >= 4 is 52.5 Å². The van der Waals surface area contributed by atoms with E-state index in [1.54, 1.807) is 12.1 Å². The van der Waals surface area contributed by atoms with Crippen molar-refractivity contribution in [2.24, 2.45) is 0 Å². The fraction of sp³-hybridized carbons (Fsp3) is 0.125. The number of benzene rings is 2. The monoisotopic (exact) mass is 369 g/mol. The number of nitrogens with one attached hydrogen (secondary N) is 1. The number of esters is 1. The Hall–Kier alpha value is -1.69. The highest BCUT2D eigenvalue weighted by Gasteiger charge is 2.17. The lowest BCUT2D eigenvalue weighted by atomic mass is 10.2. The molecule has 0 radical (unpaired) electrons. The normalized spacial score (nSPS) is 10.2. The number of rotatable bonds is 5. The largest absolute Gasteiger partial charge is 0.452 e. The Morgan fingerprint density at radius 1 is 1.09 bits per heavy atom. The van der Waals surface area contributed by atoms with Gasteiger partial charge in [0.25, 0.3) is 5.91 Å². The maximum atomic E-state index is 12.0. The van der Waals surface area contributed by atoms with E-state index in [-0.39, 0.29) is 15.6 Å². The SMILES string of the molecule is CSc1ccccc1NC(=O)COC(=O)c1c(Cl)cccc1Cl. The first kappa shape index (κ1) is 17.7. The lowest BCUT2D eigenvalue weighted by Gasteiger charge is -2.10. The molecule has 0 spiro atoms. The minimum atomic E-state index is -0.742. The third-order valence-corrected chi connectivity index (χ3v) is 4.31. The van der Waals surface area contributed by atoms with Crippen molar-refractivity contribution in [3.05, 3.63) is 58.1 Å². The first-order valence-electron chi connectivity index (χ1n) is 6.57. The Labute approximate surface area is 148 Å². The van der Waals surface area contributed by atoms with Crippen molar-refractivity contribution in [1.29, 1.82) is 0 Å². The highest BCUT2D eigenvalue weighted by atomic mass is 35.5. The number of amides is 1. The highest BCUT2D eigenvalue weighted by Crippen LogP contribution is 2.26. The van der Waals surface area contributed by atoms with Crippen LogP contribution in [0.3, 0.4) is 0 Å². The molecule has 2 aromatic carbocycles. The first-order chi connectivity index (χ1) is 11.0. The van der Waals surface area contributed by atoms with Crippen molar-refractivity contribution in [2.45, 2.75) is 4.90 Å². The van der Waals surface area contributed by atoms with Gasteiger partial charge in [0.2, 0.25) is 0 Å². The zero-order chi connectivity index (χ0) is 16.8. The molecule has 0 aromatic heterocycles. The molecule has 0 atom stereocenters. The van der Waals surface area contributed by atoms with Gasteiger partial charge < -0.3 is 10.1 Å². The van der Waals surface area contributed by atoms with Gasteiger partial charge in [-0.15, -0.1) is 11.8 Å². The second kappa shape index (κ2) is 8.24. The van der Waals surface area contributed by atoms with Crippen LogP contribution in [0.1, 0.15) is 10.4 Å². The van der Waals surface area contributed by atoms with Gasteiger partial charge in [-0.1, -0.05) is 41.4 Å². The first-order valence-corrected chi connectivity index (χ1v) is 8.55. The molecule has 2 aromatic rings. The molecule has 120 valence electrons. The third-order valence-electron chi connectivity index (χ3n) is 2.88. The molecule has 23 heavy (non-hydrogen) atoms. The van der Waals surface area contributed by atoms with Crippen LogP contribution >= 0.6 is 35.0 Å². The van der Waals surface area contributed by atoms with Gasteiger partial charge in [-0.05, 0) is 30.5 Å². The minimum Gasteiger partial charge on any atom is -0.452 e. The van der Waals surface area contributed by atoms with Crippen molar-refractivity contribution < 1.29 is 14.3 Å². The fourth-order valence-electron chi connectivity index (χ4n) is 1.83. The van der Waals surface area contributed by atoms with Gasteiger partial charge in [-0.3, -0.25) is 4.79 Å². The summed E-state index contributed by atoms with van der Waals surface area (Å²) in [5, 5.41) is 3.05. The maximum Gasteiger partial charge on any atom is 0.341 e. The quantitative estimate of drug-likeness (QED) is 0.622. The van der Waals surface area contributed by atoms with Crippen LogP contribution in [0, 0.1) is 0 Å². The number of hydrogen-bond acceptors (Lipinski definition) is 4. The van der Waals surface area contributed by atoms with E-state index in [9.17, 15) is 9.59 Å². The molecule has 1 amide bonds. The van der Waals surface area contributed by atoms with Crippen LogP contribution in [0.4, 0.5) is 5.69 Å². The zero-order valence-corrected chi connectivity index (χ0v) is 14.5. The summed E-state index contributed by atoms with van der Waals surface area (Å²) in [4.78, 5) is 24.8. The summed E-state index contributed by atoms with van der Waals surface area (Å²) >= 11 is 13.3. The minimum absolute atomic E-state index is 0.0492. The Morgan fingerprint density at radius 3 is 2.39 bits per heavy atom. The lowest BCUT2D eigenvalue weighted by molar-refractivity contribution is -0.119. The topological polar surface area (TPSA) is 55.4 Å². The maximum absolute atomic E-state index is 12.0. The van der Waals surface area contributed by atoms with E-state index in [2.05, 4.69) is 5.32 Å². The van der Waals surface area contributed by atoms with Gasteiger partial charge in [-0.2, -0.15) is 0 Å². The summed E-state index contributed by atoms with van der Waals surface area (Å²) in [6, 6.07) is 12.0. The third kappa shape index (κ3) is 4.64. The fourth-order valence-corrected chi connectivity index (χ4v) is 2.94. The van der Waals surface area contributed by atoms with Crippen LogP contribution in [0.15, 0.2) is 47.4 Å². The number of carbonyl (C=O) groups is 2. The van der Waals surface area contributed by atoms with Crippen LogP contribution in [0.5, 0.6) is 0 Å². The van der Waals surface area contributed by atoms with Crippen molar-refractivity contribution in [2.75, 3.05) is 18.2 Å². The average molecular weight is 370 g/mol. The van der Waals surface area contributed by atoms with E-state index in [4.69, 9.17) is 27.9 Å². The molecule has 0 bridgehead atoms. The summed E-state index contributed by atoms with van der Waals surface area (Å²) < 4.78 is 4.97. The second-order valence-electron chi connectivity index (χ2n) is 4.42. The molecule has 0 saturated heterocycles. The molecule has 0 aliphatic rings. The molecule has 0 saturated carbocycles. The number of anilines is 1. The Balaban J connectivity index is 1.98. The van der Waals surface area contributed by atoms with Crippen molar-refractivity contribution in [3.63, 3.8) is 0 Å². The van der Waals surface area contributed by atoms with E-state index in [0.29, 0.717) is 5.69 Å². The van der Waals surface area contributed by atoms with Crippen LogP contribution < -0.4 is 5.32 Å². The molecule has 0 aliphatic heterocycles. The number of ether oxygens (including phenoxy) is 1. The molecule has 7 heteroatoms. The van der Waals surface area contributed by atoms with Crippen molar-refractivity contribution in [1.82, 2.24) is 0 Å². The molecular weight excluding hydrogens is 357 g/mol. The van der Waals surface area contributed by atoms with Crippen LogP contribution in [0.2, 0.25) is 10.0 Å². The van der Waals surface area contributed by atoms with Gasteiger partial charge >= 0.3 is 5.97 Å². The van der Waals surface area contributed by atoms with Gasteiger partial charge in [0.1, 0.15) is 0 Å². The Bertz CT molecular complexity index is 717. The zero-order valence-electron chi connectivity index (χ0n) is 12.1. The van der Waals surface area contributed by atoms with E-state index in [1.807, 2.05) is 24.5 Å². The summed E-state index contributed by atoms with van der Waals surface area (Å²) in [5.74, 6) is -1.18. The number of halogens is 2. The van der Waals surface area contributed by atoms with E-state index in [0.717, 1.165) is 4.90 Å². The van der Waals surface area contributed by atoms with Gasteiger partial charge in [-0.25, -0.2) is 4.79 Å². The Kier molecular flexibility index (Phi) is 6.33. The van der Waals surface area contributed by atoms with Crippen molar-refractivity contribution in [3.8, 4) is 0 Å². The number of hydrogen-bond donors (Lipinski definition) is 1. The van der Waals surface area contributed by atoms with E-state index < -0.39 is 18.5 Å². The van der Waals surface area contributed by atoms with E-state index in [1.165, 1.54) is 23.9 Å². The Morgan fingerprint density at radius 2 is 1.74 bits per heavy atom. The molecule has 2 rings (SSSR count). The number of carbonyl (C=O) groups excluding carboxylic acids is 2.